The number of amides is 2. The maximum Gasteiger partial charge on any atom is 0.275 e. The molecule has 4 rings (SSSR count). The fourth-order valence-corrected chi connectivity index (χ4v) is 4.14. The Morgan fingerprint density at radius 3 is 2.70 bits per heavy atom. The average molecular weight is 366 g/mol. The predicted molar refractivity (Wildman–Crippen MR) is 103 cm³/mol. The molecule has 1 aliphatic carbocycles. The van der Waals surface area contributed by atoms with Gasteiger partial charge in [-0.3, -0.25) is 9.59 Å². The molecule has 2 amide bonds. The molecule has 1 aromatic heterocycles. The van der Waals surface area contributed by atoms with E-state index in [0.29, 0.717) is 12.2 Å². The van der Waals surface area contributed by atoms with Crippen molar-refractivity contribution in [1.82, 2.24) is 19.6 Å². The topological polar surface area (TPSA) is 58.4 Å². The standard InChI is InChI=1S/C21H26N4O2/c1-2-12-23-13-7-14-24(15-19(23)26)21(27)20-17-10-6-11-18(17)25(22-20)16-8-4-3-5-9-16/h3-5,8-9H,2,6-7,10-15H2,1H3. The lowest BCUT2D eigenvalue weighted by Gasteiger charge is -2.21. The highest BCUT2D eigenvalue weighted by Gasteiger charge is 2.32. The van der Waals surface area contributed by atoms with Crippen LogP contribution in [-0.2, 0) is 17.6 Å². The predicted octanol–water partition coefficient (Wildman–Crippen LogP) is 2.45. The molecule has 0 atom stereocenters. The van der Waals surface area contributed by atoms with Crippen LogP contribution in [0.5, 0.6) is 0 Å². The number of benzene rings is 1. The van der Waals surface area contributed by atoms with Gasteiger partial charge in [0.05, 0.1) is 5.69 Å². The van der Waals surface area contributed by atoms with Gasteiger partial charge in [0, 0.05) is 30.9 Å². The number of carbonyl (C=O) groups is 2. The van der Waals surface area contributed by atoms with Crippen molar-refractivity contribution < 1.29 is 9.59 Å². The van der Waals surface area contributed by atoms with Gasteiger partial charge in [0.25, 0.3) is 5.91 Å². The second-order valence-electron chi connectivity index (χ2n) is 7.34. The van der Waals surface area contributed by atoms with Crippen molar-refractivity contribution in [2.24, 2.45) is 0 Å². The molecule has 1 aromatic carbocycles. The van der Waals surface area contributed by atoms with E-state index in [-0.39, 0.29) is 18.4 Å². The maximum atomic E-state index is 13.2. The Labute approximate surface area is 159 Å². The zero-order valence-electron chi connectivity index (χ0n) is 15.9. The van der Waals surface area contributed by atoms with Crippen molar-refractivity contribution in [3.63, 3.8) is 0 Å². The van der Waals surface area contributed by atoms with Crippen LogP contribution in [-0.4, -0.2) is 57.6 Å². The van der Waals surface area contributed by atoms with Gasteiger partial charge in [-0.15, -0.1) is 0 Å². The molecule has 1 saturated heterocycles. The molecule has 2 aromatic rings. The van der Waals surface area contributed by atoms with Crippen LogP contribution in [0, 0.1) is 0 Å². The van der Waals surface area contributed by atoms with Crippen LogP contribution in [0.1, 0.15) is 47.9 Å². The average Bonchev–Trinajstić information content (AvgIpc) is 3.24. The summed E-state index contributed by atoms with van der Waals surface area (Å²) in [7, 11) is 0. The van der Waals surface area contributed by atoms with Crippen molar-refractivity contribution >= 4 is 11.8 Å². The van der Waals surface area contributed by atoms with Crippen LogP contribution in [0.15, 0.2) is 30.3 Å². The molecule has 0 saturated carbocycles. The molecular formula is C21H26N4O2. The zero-order valence-corrected chi connectivity index (χ0v) is 15.9. The first-order valence-corrected chi connectivity index (χ1v) is 9.92. The summed E-state index contributed by atoms with van der Waals surface area (Å²) in [6, 6.07) is 9.96. The monoisotopic (exact) mass is 366 g/mol. The van der Waals surface area contributed by atoms with Crippen molar-refractivity contribution in [2.75, 3.05) is 26.2 Å². The van der Waals surface area contributed by atoms with Crippen LogP contribution in [0.3, 0.4) is 0 Å². The normalized spacial score (nSPS) is 17.1. The smallest absolute Gasteiger partial charge is 0.275 e. The molecule has 0 radical (unpaired) electrons. The third kappa shape index (κ3) is 3.36. The van der Waals surface area contributed by atoms with Gasteiger partial charge in [0.2, 0.25) is 5.91 Å². The first-order chi connectivity index (χ1) is 13.2. The summed E-state index contributed by atoms with van der Waals surface area (Å²) in [6.07, 6.45) is 4.62. The third-order valence-electron chi connectivity index (χ3n) is 5.45. The Bertz CT molecular complexity index is 843. The van der Waals surface area contributed by atoms with Gasteiger partial charge in [-0.05, 0) is 44.2 Å². The van der Waals surface area contributed by atoms with Crippen molar-refractivity contribution in [3.05, 3.63) is 47.3 Å². The minimum absolute atomic E-state index is 0.0434. The molecule has 1 fully saturated rings. The summed E-state index contributed by atoms with van der Waals surface area (Å²) >= 11 is 0. The van der Waals surface area contributed by atoms with Crippen molar-refractivity contribution in [1.29, 1.82) is 0 Å². The quantitative estimate of drug-likeness (QED) is 0.835. The van der Waals surface area contributed by atoms with Crippen LogP contribution < -0.4 is 0 Å². The largest absolute Gasteiger partial charge is 0.341 e. The highest BCUT2D eigenvalue weighted by atomic mass is 16.2. The van der Waals surface area contributed by atoms with Crippen LogP contribution in [0.2, 0.25) is 0 Å². The summed E-state index contributed by atoms with van der Waals surface area (Å²) in [5, 5.41) is 4.69. The van der Waals surface area contributed by atoms with Gasteiger partial charge >= 0.3 is 0 Å². The number of hydrogen-bond donors (Lipinski definition) is 0. The Kier molecular flexibility index (Phi) is 4.97. The minimum Gasteiger partial charge on any atom is -0.341 e. The van der Waals surface area contributed by atoms with Gasteiger partial charge in [0.15, 0.2) is 5.69 Å². The van der Waals surface area contributed by atoms with E-state index >= 15 is 0 Å². The molecule has 6 nitrogen and oxygen atoms in total. The number of carbonyl (C=O) groups excluding carboxylic acids is 2. The van der Waals surface area contributed by atoms with Crippen LogP contribution >= 0.6 is 0 Å². The summed E-state index contributed by atoms with van der Waals surface area (Å²) < 4.78 is 1.92. The number of hydrogen-bond acceptors (Lipinski definition) is 3. The zero-order chi connectivity index (χ0) is 18.8. The number of fused-ring (bicyclic) bond motifs is 1. The van der Waals surface area contributed by atoms with E-state index in [9.17, 15) is 9.59 Å². The lowest BCUT2D eigenvalue weighted by molar-refractivity contribution is -0.130. The second kappa shape index (κ2) is 7.55. The van der Waals surface area contributed by atoms with E-state index < -0.39 is 0 Å². The van der Waals surface area contributed by atoms with Crippen LogP contribution in [0.25, 0.3) is 5.69 Å². The SMILES string of the molecule is CCCN1CCCN(C(=O)c2nn(-c3ccccc3)c3c2CCC3)CC1=O. The van der Waals surface area contributed by atoms with E-state index in [1.807, 2.05) is 39.9 Å². The molecule has 1 aliphatic heterocycles. The first-order valence-electron chi connectivity index (χ1n) is 9.92. The van der Waals surface area contributed by atoms with E-state index in [1.165, 1.54) is 0 Å². The number of rotatable bonds is 4. The molecule has 0 N–H and O–H groups in total. The number of aromatic nitrogens is 2. The maximum absolute atomic E-state index is 13.2. The van der Waals surface area contributed by atoms with E-state index in [4.69, 9.17) is 0 Å². The second-order valence-corrected chi connectivity index (χ2v) is 7.34. The third-order valence-corrected chi connectivity index (χ3v) is 5.45. The van der Waals surface area contributed by atoms with E-state index in [0.717, 1.165) is 62.1 Å². The molecule has 142 valence electrons. The summed E-state index contributed by atoms with van der Waals surface area (Å²) in [6.45, 7) is 4.33. The van der Waals surface area contributed by atoms with Gasteiger partial charge in [-0.1, -0.05) is 25.1 Å². The Balaban J connectivity index is 1.62. The lowest BCUT2D eigenvalue weighted by Crippen LogP contribution is -2.40. The number of para-hydroxylation sites is 1. The fourth-order valence-electron chi connectivity index (χ4n) is 4.14. The summed E-state index contributed by atoms with van der Waals surface area (Å²) in [4.78, 5) is 29.3. The van der Waals surface area contributed by atoms with Gasteiger partial charge < -0.3 is 9.80 Å². The lowest BCUT2D eigenvalue weighted by atomic mass is 10.2. The van der Waals surface area contributed by atoms with E-state index in [2.05, 4.69) is 12.0 Å². The molecular weight excluding hydrogens is 340 g/mol. The van der Waals surface area contributed by atoms with Gasteiger partial charge in [-0.25, -0.2) is 4.68 Å². The molecule has 0 spiro atoms. The highest BCUT2D eigenvalue weighted by molar-refractivity contribution is 5.96. The van der Waals surface area contributed by atoms with Crippen molar-refractivity contribution in [3.8, 4) is 5.69 Å². The first kappa shape index (κ1) is 17.8. The molecule has 27 heavy (non-hydrogen) atoms. The molecule has 2 heterocycles. The van der Waals surface area contributed by atoms with Crippen LogP contribution in [0.4, 0.5) is 0 Å². The van der Waals surface area contributed by atoms with E-state index in [1.54, 1.807) is 4.90 Å². The Morgan fingerprint density at radius 1 is 1.11 bits per heavy atom. The molecule has 6 heteroatoms. The molecule has 0 unspecified atom stereocenters. The Morgan fingerprint density at radius 2 is 1.93 bits per heavy atom. The summed E-state index contributed by atoms with van der Waals surface area (Å²) in [5.41, 5.74) is 3.71. The highest BCUT2D eigenvalue weighted by Crippen LogP contribution is 2.28. The minimum atomic E-state index is -0.102. The fraction of sp³-hybridized carbons (Fsp3) is 0.476. The molecule has 0 bridgehead atoms. The Hall–Kier alpha value is -2.63. The number of nitrogens with zero attached hydrogens (tertiary/aromatic N) is 4. The van der Waals surface area contributed by atoms with Gasteiger partial charge in [-0.2, -0.15) is 5.10 Å². The van der Waals surface area contributed by atoms with Gasteiger partial charge in [0.1, 0.15) is 6.54 Å². The summed E-state index contributed by atoms with van der Waals surface area (Å²) in [5.74, 6) is -0.0589. The molecule has 2 aliphatic rings. The van der Waals surface area contributed by atoms with Crippen molar-refractivity contribution in [2.45, 2.75) is 39.0 Å².